The normalized spacial score (nSPS) is 12.4. The molecule has 0 aliphatic heterocycles. The second-order valence-electron chi connectivity index (χ2n) is 11.1. The predicted octanol–water partition coefficient (Wildman–Crippen LogP) is 9.02. The van der Waals surface area contributed by atoms with Gasteiger partial charge in [0.25, 0.3) is 0 Å². The van der Waals surface area contributed by atoms with E-state index < -0.39 is 11.7 Å². The van der Waals surface area contributed by atoms with Crippen LogP contribution in [0, 0.1) is 23.2 Å². The lowest BCUT2D eigenvalue weighted by Gasteiger charge is -2.28. The molecule has 0 aliphatic rings. The van der Waals surface area contributed by atoms with Crippen LogP contribution in [0.15, 0.2) is 66.7 Å². The Morgan fingerprint density at radius 1 is 0.897 bits per heavy atom. The van der Waals surface area contributed by atoms with Crippen LogP contribution in [-0.2, 0) is 17.5 Å². The van der Waals surface area contributed by atoms with E-state index >= 15 is 0 Å². The van der Waals surface area contributed by atoms with Gasteiger partial charge in [0.1, 0.15) is 5.78 Å². The van der Waals surface area contributed by atoms with Crippen molar-refractivity contribution in [2.24, 2.45) is 11.8 Å². The minimum Gasteiger partial charge on any atom is -0.367 e. The summed E-state index contributed by atoms with van der Waals surface area (Å²) >= 11 is 0. The predicted molar refractivity (Wildman–Crippen MR) is 151 cm³/mol. The maximum Gasteiger partial charge on any atom is 0.416 e. The van der Waals surface area contributed by atoms with E-state index in [2.05, 4.69) is 44.7 Å². The zero-order chi connectivity index (χ0) is 28.7. The molecule has 6 heteroatoms. The Bertz CT molecular complexity index is 1290. The van der Waals surface area contributed by atoms with E-state index in [4.69, 9.17) is 0 Å². The molecule has 0 saturated carbocycles. The number of alkyl halides is 3. The number of carbonyl (C=O) groups excluding carboxylic acids is 1. The monoisotopic (exact) mass is 534 g/mol. The summed E-state index contributed by atoms with van der Waals surface area (Å²) in [6, 6.07) is 20.8. The van der Waals surface area contributed by atoms with Crippen LogP contribution < -0.4 is 4.90 Å². The Morgan fingerprint density at radius 2 is 1.54 bits per heavy atom. The second-order valence-corrected chi connectivity index (χ2v) is 11.1. The fourth-order valence-electron chi connectivity index (χ4n) is 4.66. The first-order chi connectivity index (χ1) is 18.4. The van der Waals surface area contributed by atoms with E-state index in [0.29, 0.717) is 35.9 Å². The third kappa shape index (κ3) is 8.45. The van der Waals surface area contributed by atoms with E-state index in [1.807, 2.05) is 24.3 Å². The standard InChI is InChI=1S/C33H37F3N2O/c1-22(2)14-15-38(21-26-8-6-25(20-37)7-9-26)31-18-28(27-10-12-30(13-11-27)33(34,35)36)17-29(19-31)32(24(5)39)16-23(3)4/h6-13,17-19,22-23,32H,14-16,21H2,1-5H3/t32-/m0/s1. The molecule has 0 amide bonds. The number of carbonyl (C=O) groups is 1. The van der Waals surface area contributed by atoms with E-state index in [0.717, 1.165) is 47.5 Å². The van der Waals surface area contributed by atoms with Crippen molar-refractivity contribution in [3.05, 3.63) is 89.0 Å². The van der Waals surface area contributed by atoms with Crippen molar-refractivity contribution < 1.29 is 18.0 Å². The topological polar surface area (TPSA) is 44.1 Å². The molecule has 3 aromatic rings. The van der Waals surface area contributed by atoms with Gasteiger partial charge in [-0.1, -0.05) is 58.0 Å². The van der Waals surface area contributed by atoms with Gasteiger partial charge in [0, 0.05) is 24.7 Å². The molecule has 0 aromatic heterocycles. The van der Waals surface area contributed by atoms with Crippen molar-refractivity contribution in [2.45, 2.75) is 66.1 Å². The van der Waals surface area contributed by atoms with Crippen molar-refractivity contribution >= 4 is 11.5 Å². The summed E-state index contributed by atoms with van der Waals surface area (Å²) in [4.78, 5) is 15.0. The first-order valence-corrected chi connectivity index (χ1v) is 13.4. The highest BCUT2D eigenvalue weighted by molar-refractivity contribution is 5.85. The molecule has 0 saturated heterocycles. The van der Waals surface area contributed by atoms with Crippen molar-refractivity contribution in [1.82, 2.24) is 0 Å². The maximum atomic E-state index is 13.2. The van der Waals surface area contributed by atoms with E-state index in [1.165, 1.54) is 12.1 Å². The molecule has 0 N–H and O–H groups in total. The molecule has 0 radical (unpaired) electrons. The number of benzene rings is 3. The summed E-state index contributed by atoms with van der Waals surface area (Å²) in [5.41, 5.74) is 4.19. The van der Waals surface area contributed by atoms with Gasteiger partial charge in [0.2, 0.25) is 0 Å². The van der Waals surface area contributed by atoms with Gasteiger partial charge in [-0.15, -0.1) is 0 Å². The van der Waals surface area contributed by atoms with Gasteiger partial charge < -0.3 is 4.90 Å². The molecule has 39 heavy (non-hydrogen) atoms. The van der Waals surface area contributed by atoms with Gasteiger partial charge in [0.05, 0.1) is 17.2 Å². The Hall–Kier alpha value is -3.59. The molecule has 0 aliphatic carbocycles. The quantitative estimate of drug-likeness (QED) is 0.247. The molecular weight excluding hydrogens is 497 g/mol. The lowest BCUT2D eigenvalue weighted by atomic mass is 9.85. The minimum absolute atomic E-state index is 0.0695. The molecule has 0 spiro atoms. The van der Waals surface area contributed by atoms with Crippen LogP contribution in [0.5, 0.6) is 0 Å². The lowest BCUT2D eigenvalue weighted by Crippen LogP contribution is -2.25. The zero-order valence-electron chi connectivity index (χ0n) is 23.3. The number of halogens is 3. The summed E-state index contributed by atoms with van der Waals surface area (Å²) in [6.45, 7) is 11.5. The number of nitriles is 1. The average molecular weight is 535 g/mol. The van der Waals surface area contributed by atoms with Crippen LogP contribution in [0.3, 0.4) is 0 Å². The Kier molecular flexibility index (Phi) is 9.97. The van der Waals surface area contributed by atoms with Crippen LogP contribution in [0.2, 0.25) is 0 Å². The minimum atomic E-state index is -4.41. The van der Waals surface area contributed by atoms with Crippen LogP contribution >= 0.6 is 0 Å². The number of Topliss-reactive ketones (excluding diaryl/α,β-unsaturated/α-hetero) is 1. The highest BCUT2D eigenvalue weighted by Crippen LogP contribution is 2.36. The van der Waals surface area contributed by atoms with Gasteiger partial charge in [-0.25, -0.2) is 0 Å². The molecule has 1 atom stereocenters. The molecule has 0 heterocycles. The molecule has 3 nitrogen and oxygen atoms in total. The lowest BCUT2D eigenvalue weighted by molar-refractivity contribution is -0.137. The zero-order valence-corrected chi connectivity index (χ0v) is 23.3. The Balaban J connectivity index is 2.13. The number of ketones is 1. The molecule has 0 unspecified atom stereocenters. The first kappa shape index (κ1) is 30.0. The maximum absolute atomic E-state index is 13.2. The molecule has 3 rings (SSSR count). The number of hydrogen-bond acceptors (Lipinski definition) is 3. The van der Waals surface area contributed by atoms with Crippen molar-refractivity contribution in [3.63, 3.8) is 0 Å². The third-order valence-electron chi connectivity index (χ3n) is 6.88. The number of rotatable bonds is 11. The summed E-state index contributed by atoms with van der Waals surface area (Å²) in [5.74, 6) is 0.532. The summed E-state index contributed by atoms with van der Waals surface area (Å²) in [6.07, 6.45) is -2.78. The summed E-state index contributed by atoms with van der Waals surface area (Å²) < 4.78 is 39.6. The molecule has 0 fully saturated rings. The first-order valence-electron chi connectivity index (χ1n) is 13.4. The highest BCUT2D eigenvalue weighted by atomic mass is 19.4. The van der Waals surface area contributed by atoms with Crippen LogP contribution in [0.4, 0.5) is 18.9 Å². The number of hydrogen-bond donors (Lipinski definition) is 0. The third-order valence-corrected chi connectivity index (χ3v) is 6.88. The summed E-state index contributed by atoms with van der Waals surface area (Å²) in [5, 5.41) is 9.17. The number of nitrogens with zero attached hydrogens (tertiary/aromatic N) is 2. The van der Waals surface area contributed by atoms with Crippen molar-refractivity contribution in [3.8, 4) is 17.2 Å². The Labute approximate surface area is 230 Å². The fraction of sp³-hybridized carbons (Fsp3) is 0.394. The molecule has 206 valence electrons. The summed E-state index contributed by atoms with van der Waals surface area (Å²) in [7, 11) is 0. The van der Waals surface area contributed by atoms with Crippen LogP contribution in [0.1, 0.15) is 75.6 Å². The van der Waals surface area contributed by atoms with E-state index in [-0.39, 0.29) is 11.7 Å². The number of anilines is 1. The van der Waals surface area contributed by atoms with Crippen molar-refractivity contribution in [2.75, 3.05) is 11.4 Å². The van der Waals surface area contributed by atoms with Crippen LogP contribution in [-0.4, -0.2) is 12.3 Å². The molecule has 3 aromatic carbocycles. The van der Waals surface area contributed by atoms with Gasteiger partial charge in [0.15, 0.2) is 0 Å². The SMILES string of the molecule is CC(=O)[C@H](CC(C)C)c1cc(-c2ccc(C(F)(F)F)cc2)cc(N(CCC(C)C)Cc2ccc(C#N)cc2)c1. The second kappa shape index (κ2) is 13.0. The van der Waals surface area contributed by atoms with Crippen molar-refractivity contribution in [1.29, 1.82) is 5.26 Å². The molecule has 0 bridgehead atoms. The smallest absolute Gasteiger partial charge is 0.367 e. The fourth-order valence-corrected chi connectivity index (χ4v) is 4.66. The van der Waals surface area contributed by atoms with E-state index in [9.17, 15) is 23.2 Å². The molecular formula is C33H37F3N2O. The average Bonchev–Trinajstić information content (AvgIpc) is 2.89. The largest absolute Gasteiger partial charge is 0.416 e. The van der Waals surface area contributed by atoms with Gasteiger partial charge in [-0.05, 0) is 90.3 Å². The van der Waals surface area contributed by atoms with Gasteiger partial charge in [-0.3, -0.25) is 4.79 Å². The van der Waals surface area contributed by atoms with Gasteiger partial charge in [-0.2, -0.15) is 18.4 Å². The highest BCUT2D eigenvalue weighted by Gasteiger charge is 2.30. The van der Waals surface area contributed by atoms with Gasteiger partial charge >= 0.3 is 6.18 Å². The Morgan fingerprint density at radius 3 is 2.05 bits per heavy atom. The van der Waals surface area contributed by atoms with E-state index in [1.54, 1.807) is 19.1 Å². The van der Waals surface area contributed by atoms with Crippen LogP contribution in [0.25, 0.3) is 11.1 Å².